The van der Waals surface area contributed by atoms with Gasteiger partial charge in [-0.05, 0) is 7.05 Å². The van der Waals surface area contributed by atoms with E-state index in [-0.39, 0.29) is 6.04 Å². The molecule has 0 aromatic rings. The molecule has 1 saturated heterocycles. The van der Waals surface area contributed by atoms with Gasteiger partial charge in [-0.3, -0.25) is 0 Å². The predicted octanol–water partition coefficient (Wildman–Crippen LogP) is -1.37. The van der Waals surface area contributed by atoms with E-state index in [4.69, 9.17) is 0 Å². The van der Waals surface area contributed by atoms with Gasteiger partial charge in [0.05, 0.1) is 0 Å². The number of nitrogens with zero attached hydrogens (tertiary/aromatic N) is 3. The molecule has 1 rings (SSSR count). The van der Waals surface area contributed by atoms with Gasteiger partial charge in [-0.2, -0.15) is 17.0 Å². The van der Waals surface area contributed by atoms with Crippen molar-refractivity contribution in [3.8, 4) is 0 Å². The van der Waals surface area contributed by atoms with Gasteiger partial charge in [0.15, 0.2) is 0 Å². The van der Waals surface area contributed by atoms with E-state index in [1.54, 1.807) is 21.1 Å². The topological polar surface area (TPSA) is 55.9 Å². The van der Waals surface area contributed by atoms with Crippen molar-refractivity contribution < 1.29 is 8.42 Å². The molecule has 6 nitrogen and oxygen atoms in total. The number of nitrogens with one attached hydrogen (secondary N) is 1. The zero-order valence-corrected chi connectivity index (χ0v) is 11.3. The maximum atomic E-state index is 11.8. The summed E-state index contributed by atoms with van der Waals surface area (Å²) in [4.78, 5) is 2.21. The van der Waals surface area contributed by atoms with E-state index in [0.29, 0.717) is 6.54 Å². The first-order valence-electron chi connectivity index (χ1n) is 5.39. The van der Waals surface area contributed by atoms with E-state index in [1.165, 1.54) is 8.61 Å². The minimum Gasteiger partial charge on any atom is -0.310 e. The Morgan fingerprint density at radius 3 is 2.50 bits per heavy atom. The summed E-state index contributed by atoms with van der Waals surface area (Å²) in [6, 6.07) is 0.207. The van der Waals surface area contributed by atoms with E-state index in [0.717, 1.165) is 19.6 Å². The zero-order chi connectivity index (χ0) is 12.3. The third-order valence-corrected chi connectivity index (χ3v) is 4.65. The average Bonchev–Trinajstić information content (AvgIpc) is 2.17. The average molecular weight is 250 g/mol. The molecule has 0 amide bonds. The van der Waals surface area contributed by atoms with Gasteiger partial charge < -0.3 is 10.2 Å². The van der Waals surface area contributed by atoms with Crippen LogP contribution in [0.25, 0.3) is 0 Å². The predicted molar refractivity (Wildman–Crippen MR) is 64.5 cm³/mol. The second-order valence-electron chi connectivity index (χ2n) is 4.48. The molecule has 1 heterocycles. The molecular weight excluding hydrogens is 228 g/mol. The van der Waals surface area contributed by atoms with Gasteiger partial charge in [0.1, 0.15) is 0 Å². The molecule has 0 aliphatic carbocycles. The van der Waals surface area contributed by atoms with Crippen molar-refractivity contribution in [3.05, 3.63) is 0 Å². The van der Waals surface area contributed by atoms with Crippen molar-refractivity contribution in [2.24, 2.45) is 0 Å². The van der Waals surface area contributed by atoms with Crippen molar-refractivity contribution in [1.82, 2.24) is 18.8 Å². The van der Waals surface area contributed by atoms with Gasteiger partial charge in [-0.25, -0.2) is 0 Å². The number of likely N-dealkylation sites (N-methyl/N-ethyl adjacent to an activating group) is 2. The Labute approximate surface area is 98.4 Å². The highest BCUT2D eigenvalue weighted by Gasteiger charge is 2.25. The smallest absolute Gasteiger partial charge is 0.281 e. The largest absolute Gasteiger partial charge is 0.310 e. The first-order chi connectivity index (χ1) is 7.34. The number of rotatable bonds is 4. The Bertz CT molecular complexity index is 317. The van der Waals surface area contributed by atoms with Gasteiger partial charge in [0, 0.05) is 53.4 Å². The van der Waals surface area contributed by atoms with Crippen LogP contribution in [-0.4, -0.2) is 82.3 Å². The second kappa shape index (κ2) is 5.42. The van der Waals surface area contributed by atoms with Crippen LogP contribution in [0.4, 0.5) is 0 Å². The van der Waals surface area contributed by atoms with Gasteiger partial charge in [0.25, 0.3) is 10.2 Å². The molecular formula is C9H22N4O2S. The monoisotopic (exact) mass is 250 g/mol. The highest BCUT2D eigenvalue weighted by atomic mass is 32.2. The van der Waals surface area contributed by atoms with Crippen LogP contribution in [0.2, 0.25) is 0 Å². The normalized spacial score (nSPS) is 24.2. The summed E-state index contributed by atoms with van der Waals surface area (Å²) in [6.07, 6.45) is 0. The van der Waals surface area contributed by atoms with Crippen molar-refractivity contribution in [1.29, 1.82) is 0 Å². The summed E-state index contributed by atoms with van der Waals surface area (Å²) >= 11 is 0. The summed E-state index contributed by atoms with van der Waals surface area (Å²) in [5, 5.41) is 3.33. The summed E-state index contributed by atoms with van der Waals surface area (Å²) in [5.74, 6) is 0. The lowest BCUT2D eigenvalue weighted by Gasteiger charge is -2.33. The van der Waals surface area contributed by atoms with E-state index >= 15 is 0 Å². The maximum Gasteiger partial charge on any atom is 0.281 e. The number of hydrogen-bond acceptors (Lipinski definition) is 4. The van der Waals surface area contributed by atoms with E-state index < -0.39 is 10.2 Å². The Morgan fingerprint density at radius 1 is 1.38 bits per heavy atom. The number of hydrogen-bond donors (Lipinski definition) is 1. The fraction of sp³-hybridized carbons (Fsp3) is 1.00. The molecule has 0 aromatic carbocycles. The van der Waals surface area contributed by atoms with Crippen molar-refractivity contribution in [2.45, 2.75) is 6.04 Å². The Hall–Kier alpha value is -0.210. The van der Waals surface area contributed by atoms with Crippen LogP contribution < -0.4 is 5.32 Å². The number of piperazine rings is 1. The van der Waals surface area contributed by atoms with Gasteiger partial charge >= 0.3 is 0 Å². The minimum absolute atomic E-state index is 0.207. The quantitative estimate of drug-likeness (QED) is 0.669. The van der Waals surface area contributed by atoms with Crippen LogP contribution >= 0.6 is 0 Å². The molecule has 0 saturated carbocycles. The lowest BCUT2D eigenvalue weighted by atomic mass is 10.2. The molecule has 0 spiro atoms. The fourth-order valence-corrected chi connectivity index (χ4v) is 2.72. The van der Waals surface area contributed by atoms with Gasteiger partial charge in [-0.15, -0.1) is 0 Å². The first-order valence-corrected chi connectivity index (χ1v) is 6.79. The van der Waals surface area contributed by atoms with Crippen LogP contribution in [0.5, 0.6) is 0 Å². The van der Waals surface area contributed by atoms with Crippen LogP contribution in [0, 0.1) is 0 Å². The molecule has 16 heavy (non-hydrogen) atoms. The first kappa shape index (κ1) is 13.9. The third-order valence-electron chi connectivity index (χ3n) is 2.79. The maximum absolute atomic E-state index is 11.8. The third kappa shape index (κ3) is 3.39. The fourth-order valence-electron chi connectivity index (χ4n) is 1.80. The second-order valence-corrected chi connectivity index (χ2v) is 6.73. The van der Waals surface area contributed by atoms with Crippen LogP contribution in [0.15, 0.2) is 0 Å². The standard InChI is InChI=1S/C9H22N4O2S/c1-11(2)16(14,15)13(4)8-9-7-12(3)6-5-10-9/h9-10H,5-8H2,1-4H3. The summed E-state index contributed by atoms with van der Waals surface area (Å²) in [6.45, 7) is 3.32. The molecule has 7 heteroatoms. The van der Waals surface area contributed by atoms with E-state index in [1.807, 2.05) is 7.05 Å². The molecule has 1 aliphatic rings. The van der Waals surface area contributed by atoms with Gasteiger partial charge in [-0.1, -0.05) is 0 Å². The van der Waals surface area contributed by atoms with Crippen LogP contribution in [-0.2, 0) is 10.2 Å². The van der Waals surface area contributed by atoms with E-state index in [9.17, 15) is 8.42 Å². The van der Waals surface area contributed by atoms with Crippen LogP contribution in [0.1, 0.15) is 0 Å². The molecule has 0 radical (unpaired) electrons. The summed E-state index contributed by atoms with van der Waals surface area (Å²) in [5.41, 5.74) is 0. The molecule has 1 atom stereocenters. The molecule has 96 valence electrons. The van der Waals surface area contributed by atoms with Crippen molar-refractivity contribution in [2.75, 3.05) is 54.4 Å². The highest BCUT2D eigenvalue weighted by molar-refractivity contribution is 7.86. The Morgan fingerprint density at radius 2 is 2.00 bits per heavy atom. The lowest BCUT2D eigenvalue weighted by molar-refractivity contribution is 0.220. The summed E-state index contributed by atoms with van der Waals surface area (Å²) < 4.78 is 26.2. The van der Waals surface area contributed by atoms with Gasteiger partial charge in [0.2, 0.25) is 0 Å². The Kier molecular flexibility index (Phi) is 4.69. The molecule has 0 bridgehead atoms. The molecule has 1 fully saturated rings. The Balaban J connectivity index is 2.54. The highest BCUT2D eigenvalue weighted by Crippen LogP contribution is 2.04. The molecule has 1 unspecified atom stereocenters. The van der Waals surface area contributed by atoms with Crippen molar-refractivity contribution >= 4 is 10.2 Å². The minimum atomic E-state index is -3.29. The lowest BCUT2D eigenvalue weighted by Crippen LogP contribution is -2.54. The zero-order valence-electron chi connectivity index (χ0n) is 10.5. The SMILES string of the molecule is CN1CCNC(CN(C)S(=O)(=O)N(C)C)C1. The van der Waals surface area contributed by atoms with E-state index in [2.05, 4.69) is 10.2 Å². The van der Waals surface area contributed by atoms with Crippen molar-refractivity contribution in [3.63, 3.8) is 0 Å². The molecule has 0 aromatic heterocycles. The van der Waals surface area contributed by atoms with Crippen LogP contribution in [0.3, 0.4) is 0 Å². The summed E-state index contributed by atoms with van der Waals surface area (Å²) in [7, 11) is 3.48. The molecule has 1 aliphatic heterocycles. The molecule has 1 N–H and O–H groups in total.